The Morgan fingerprint density at radius 2 is 1.84 bits per heavy atom. The minimum absolute atomic E-state index is 0.0516. The van der Waals surface area contributed by atoms with Crippen molar-refractivity contribution >= 4 is 11.8 Å². The Kier molecular flexibility index (Phi) is 4.16. The number of aliphatic hydroxyl groups excluding tert-OH is 1. The zero-order chi connectivity index (χ0) is 22.4. The Morgan fingerprint density at radius 3 is 2.52 bits per heavy atom. The van der Waals surface area contributed by atoms with Crippen molar-refractivity contribution in [1.82, 2.24) is 0 Å². The van der Waals surface area contributed by atoms with Gasteiger partial charge in [0.1, 0.15) is 6.10 Å². The Bertz CT molecular complexity index is 1000. The largest absolute Gasteiger partial charge is 0.472 e. The summed E-state index contributed by atoms with van der Waals surface area (Å²) in [6, 6.07) is 1.85. The number of ketones is 1. The predicted octanol–water partition coefficient (Wildman–Crippen LogP) is 4.78. The Hall–Kier alpha value is -2.14. The first kappa shape index (κ1) is 20.7. The van der Waals surface area contributed by atoms with Crippen molar-refractivity contribution in [2.24, 2.45) is 33.5 Å². The molecule has 2 saturated carbocycles. The lowest BCUT2D eigenvalue weighted by molar-refractivity contribution is -0.180. The SMILES string of the molecule is CC1(C)C(=O)C=CC2(C)C1CC(O)C1(C)C3=CC(=O)OC(c4ccoc4)C3(C)CCC21. The number of aliphatic hydroxyl groups is 1. The molecule has 7 atom stereocenters. The maximum Gasteiger partial charge on any atom is 0.331 e. The second-order valence-corrected chi connectivity index (χ2v) is 11.3. The van der Waals surface area contributed by atoms with Crippen LogP contribution in [0.15, 0.2) is 46.8 Å². The van der Waals surface area contributed by atoms with Crippen LogP contribution in [0.1, 0.15) is 65.5 Å². The van der Waals surface area contributed by atoms with Gasteiger partial charge in [0.05, 0.1) is 18.6 Å². The van der Waals surface area contributed by atoms with Gasteiger partial charge in [-0.05, 0) is 54.2 Å². The minimum atomic E-state index is -0.643. The molecule has 0 aromatic carbocycles. The van der Waals surface area contributed by atoms with E-state index >= 15 is 0 Å². The molecule has 0 bridgehead atoms. The molecule has 0 radical (unpaired) electrons. The Balaban J connectivity index is 1.66. The molecule has 166 valence electrons. The third-order valence-electron chi connectivity index (χ3n) is 9.55. The summed E-state index contributed by atoms with van der Waals surface area (Å²) in [6.07, 6.45) is 9.90. The van der Waals surface area contributed by atoms with Crippen LogP contribution in [0.25, 0.3) is 0 Å². The molecule has 4 aliphatic rings. The minimum Gasteiger partial charge on any atom is -0.472 e. The van der Waals surface area contributed by atoms with Gasteiger partial charge < -0.3 is 14.3 Å². The molecule has 3 aliphatic carbocycles. The van der Waals surface area contributed by atoms with Crippen LogP contribution in [0.3, 0.4) is 0 Å². The van der Waals surface area contributed by atoms with Crippen LogP contribution in [0.5, 0.6) is 0 Å². The van der Waals surface area contributed by atoms with E-state index in [4.69, 9.17) is 9.15 Å². The van der Waals surface area contributed by atoms with E-state index in [9.17, 15) is 14.7 Å². The molecule has 1 aromatic heterocycles. The monoisotopic (exact) mass is 424 g/mol. The molecule has 1 aromatic rings. The van der Waals surface area contributed by atoms with Crippen molar-refractivity contribution < 1.29 is 23.8 Å². The summed E-state index contributed by atoms with van der Waals surface area (Å²) in [4.78, 5) is 25.4. The van der Waals surface area contributed by atoms with Gasteiger partial charge in [0, 0.05) is 27.9 Å². The van der Waals surface area contributed by atoms with Crippen LogP contribution in [0, 0.1) is 33.5 Å². The first-order valence-corrected chi connectivity index (χ1v) is 11.3. The molecule has 2 fully saturated rings. The number of ether oxygens (including phenoxy) is 1. The Labute approximate surface area is 183 Å². The average Bonchev–Trinajstić information content (AvgIpc) is 3.23. The third kappa shape index (κ3) is 2.47. The van der Waals surface area contributed by atoms with Gasteiger partial charge in [-0.25, -0.2) is 4.79 Å². The third-order valence-corrected chi connectivity index (χ3v) is 9.55. The number of cyclic esters (lactones) is 1. The van der Waals surface area contributed by atoms with E-state index in [-0.39, 0.29) is 29.0 Å². The maximum atomic E-state index is 12.7. The highest BCUT2D eigenvalue weighted by atomic mass is 16.5. The van der Waals surface area contributed by atoms with Crippen LogP contribution >= 0.6 is 0 Å². The van der Waals surface area contributed by atoms with Crippen LogP contribution in [-0.4, -0.2) is 23.0 Å². The van der Waals surface area contributed by atoms with Crippen LogP contribution in [0.4, 0.5) is 0 Å². The highest BCUT2D eigenvalue weighted by Crippen LogP contribution is 2.71. The number of rotatable bonds is 1. The molecule has 31 heavy (non-hydrogen) atoms. The van der Waals surface area contributed by atoms with E-state index in [1.165, 1.54) is 0 Å². The number of hydrogen-bond donors (Lipinski definition) is 1. The second kappa shape index (κ2) is 6.22. The van der Waals surface area contributed by atoms with E-state index in [0.717, 1.165) is 24.0 Å². The van der Waals surface area contributed by atoms with Gasteiger partial charge in [0.15, 0.2) is 5.78 Å². The zero-order valence-corrected chi connectivity index (χ0v) is 19.0. The quantitative estimate of drug-likeness (QED) is 0.657. The lowest BCUT2D eigenvalue weighted by atomic mass is 9.38. The molecule has 5 rings (SSSR count). The first-order valence-electron chi connectivity index (χ1n) is 11.3. The standard InChI is InChI=1S/C26H32O5/c1-23(2)17-12-20(28)26(5)16(24(17,3)10-7-19(23)27)6-9-25(4)18(26)13-21(29)31-22(25)15-8-11-30-14-15/h7-8,10-11,13-14,16-17,20,22,28H,6,9,12H2,1-5H3. The molecular weight excluding hydrogens is 392 g/mol. The summed E-state index contributed by atoms with van der Waals surface area (Å²) < 4.78 is 11.1. The van der Waals surface area contributed by atoms with E-state index in [0.29, 0.717) is 6.42 Å². The summed E-state index contributed by atoms with van der Waals surface area (Å²) >= 11 is 0. The predicted molar refractivity (Wildman–Crippen MR) is 115 cm³/mol. The summed E-state index contributed by atoms with van der Waals surface area (Å²) in [5.74, 6) is -0.0648. The van der Waals surface area contributed by atoms with Crippen molar-refractivity contribution in [3.63, 3.8) is 0 Å². The van der Waals surface area contributed by atoms with E-state index in [1.54, 1.807) is 24.7 Å². The smallest absolute Gasteiger partial charge is 0.331 e. The fourth-order valence-corrected chi connectivity index (χ4v) is 7.81. The summed E-state index contributed by atoms with van der Waals surface area (Å²) in [7, 11) is 0. The van der Waals surface area contributed by atoms with Crippen LogP contribution in [0.2, 0.25) is 0 Å². The van der Waals surface area contributed by atoms with E-state index in [2.05, 4.69) is 26.8 Å². The molecular formula is C26H32O5. The van der Waals surface area contributed by atoms with Gasteiger partial charge >= 0.3 is 5.97 Å². The number of furan rings is 1. The molecule has 5 nitrogen and oxygen atoms in total. The van der Waals surface area contributed by atoms with Gasteiger partial charge in [-0.1, -0.05) is 40.7 Å². The number of carbonyl (C=O) groups excluding carboxylic acids is 2. The molecule has 5 heteroatoms. The number of hydrogen-bond acceptors (Lipinski definition) is 5. The normalized spacial score (nSPS) is 45.8. The highest BCUT2D eigenvalue weighted by Gasteiger charge is 2.67. The van der Waals surface area contributed by atoms with Crippen LogP contribution in [-0.2, 0) is 14.3 Å². The van der Waals surface area contributed by atoms with Crippen molar-refractivity contribution in [2.75, 3.05) is 0 Å². The van der Waals surface area contributed by atoms with E-state index in [1.807, 2.05) is 19.9 Å². The van der Waals surface area contributed by atoms with Gasteiger partial charge in [-0.15, -0.1) is 0 Å². The molecule has 0 amide bonds. The fraction of sp³-hybridized carbons (Fsp3) is 0.615. The van der Waals surface area contributed by atoms with Crippen molar-refractivity contribution in [1.29, 1.82) is 0 Å². The molecule has 0 spiro atoms. The van der Waals surface area contributed by atoms with Crippen molar-refractivity contribution in [3.05, 3.63) is 48.0 Å². The lowest BCUT2D eigenvalue weighted by Crippen LogP contribution is -2.64. The van der Waals surface area contributed by atoms with Gasteiger partial charge in [0.25, 0.3) is 0 Å². The lowest BCUT2D eigenvalue weighted by Gasteiger charge is -2.67. The van der Waals surface area contributed by atoms with Gasteiger partial charge in [-0.3, -0.25) is 4.79 Å². The van der Waals surface area contributed by atoms with Crippen LogP contribution < -0.4 is 0 Å². The topological polar surface area (TPSA) is 76.7 Å². The molecule has 1 aliphatic heterocycles. The fourth-order valence-electron chi connectivity index (χ4n) is 7.81. The summed E-state index contributed by atoms with van der Waals surface area (Å²) in [5.41, 5.74) is 0.0691. The number of allylic oxidation sites excluding steroid dienone is 2. The van der Waals surface area contributed by atoms with Gasteiger partial charge in [0.2, 0.25) is 0 Å². The second-order valence-electron chi connectivity index (χ2n) is 11.3. The van der Waals surface area contributed by atoms with Gasteiger partial charge in [-0.2, -0.15) is 0 Å². The molecule has 0 saturated heterocycles. The van der Waals surface area contributed by atoms with Crippen molar-refractivity contribution in [2.45, 2.75) is 66.1 Å². The van der Waals surface area contributed by atoms with Crippen molar-refractivity contribution in [3.8, 4) is 0 Å². The summed E-state index contributed by atoms with van der Waals surface area (Å²) in [6.45, 7) is 10.5. The molecule has 7 unspecified atom stereocenters. The number of esters is 1. The highest BCUT2D eigenvalue weighted by molar-refractivity contribution is 5.95. The zero-order valence-electron chi connectivity index (χ0n) is 19.0. The maximum absolute atomic E-state index is 12.7. The molecule has 1 N–H and O–H groups in total. The van der Waals surface area contributed by atoms with E-state index < -0.39 is 28.5 Å². The molecule has 2 heterocycles. The first-order chi connectivity index (χ1) is 14.5. The number of carbonyl (C=O) groups is 2. The summed E-state index contributed by atoms with van der Waals surface area (Å²) in [5, 5.41) is 11.6. The number of fused-ring (bicyclic) bond motifs is 5. The average molecular weight is 425 g/mol. The Morgan fingerprint density at radius 1 is 1.10 bits per heavy atom.